The fourth-order valence-corrected chi connectivity index (χ4v) is 1.78. The molecule has 18 heavy (non-hydrogen) atoms. The molecule has 1 rings (SSSR count). The molecule has 96 valence electrons. The lowest BCUT2D eigenvalue weighted by Gasteiger charge is -2.05. The van der Waals surface area contributed by atoms with Gasteiger partial charge in [0.05, 0.1) is 11.3 Å². The van der Waals surface area contributed by atoms with Gasteiger partial charge in [0.15, 0.2) is 0 Å². The first-order chi connectivity index (χ1) is 8.50. The molecule has 0 saturated heterocycles. The van der Waals surface area contributed by atoms with Gasteiger partial charge in [0.2, 0.25) is 11.8 Å². The van der Waals surface area contributed by atoms with Gasteiger partial charge in [-0.3, -0.25) is 20.4 Å². The van der Waals surface area contributed by atoms with Crippen molar-refractivity contribution in [2.75, 3.05) is 5.75 Å². The fourth-order valence-electron chi connectivity index (χ4n) is 0.996. The molecule has 0 unspecified atom stereocenters. The van der Waals surface area contributed by atoms with Gasteiger partial charge in [-0.25, -0.2) is 9.78 Å². The number of carbonyl (C=O) groups is 3. The zero-order valence-electron chi connectivity index (χ0n) is 9.47. The van der Waals surface area contributed by atoms with Crippen LogP contribution in [0.2, 0.25) is 0 Å². The molecule has 2 amide bonds. The number of aromatic carboxylic acids is 1. The third kappa shape index (κ3) is 4.42. The minimum atomic E-state index is -1.10. The SMILES string of the molecule is CC(=O)NNC(=O)CSc1ncccc1C(=O)O. The van der Waals surface area contributed by atoms with Crippen molar-refractivity contribution in [1.29, 1.82) is 0 Å². The molecule has 1 heterocycles. The smallest absolute Gasteiger partial charge is 0.338 e. The third-order valence-electron chi connectivity index (χ3n) is 1.72. The molecular weight excluding hydrogens is 258 g/mol. The van der Waals surface area contributed by atoms with Crippen molar-refractivity contribution in [3.8, 4) is 0 Å². The standard InChI is InChI=1S/C10H11N3O4S/c1-6(14)12-13-8(15)5-18-9-7(10(16)17)3-2-4-11-9/h2-4H,5H2,1H3,(H,12,14)(H,13,15)(H,16,17). The zero-order valence-corrected chi connectivity index (χ0v) is 10.3. The van der Waals surface area contributed by atoms with Gasteiger partial charge in [0.25, 0.3) is 0 Å². The Morgan fingerprint density at radius 2 is 2.11 bits per heavy atom. The Bertz CT molecular complexity index is 478. The van der Waals surface area contributed by atoms with Crippen LogP contribution in [-0.4, -0.2) is 33.6 Å². The van der Waals surface area contributed by atoms with E-state index >= 15 is 0 Å². The van der Waals surface area contributed by atoms with Crippen LogP contribution in [0, 0.1) is 0 Å². The Hall–Kier alpha value is -2.09. The second-order valence-electron chi connectivity index (χ2n) is 3.18. The maximum Gasteiger partial charge on any atom is 0.338 e. The first kappa shape index (κ1) is 14.0. The Labute approximate surface area is 107 Å². The third-order valence-corrected chi connectivity index (χ3v) is 2.72. The van der Waals surface area contributed by atoms with E-state index in [1.807, 2.05) is 0 Å². The van der Waals surface area contributed by atoms with Crippen LogP contribution in [0.3, 0.4) is 0 Å². The van der Waals surface area contributed by atoms with Crippen LogP contribution in [0.25, 0.3) is 0 Å². The number of carbonyl (C=O) groups excluding carboxylic acids is 2. The minimum absolute atomic E-state index is 0.0369. The van der Waals surface area contributed by atoms with Crippen LogP contribution in [0.4, 0.5) is 0 Å². The molecule has 0 fully saturated rings. The quantitative estimate of drug-likeness (QED) is 0.526. The number of nitrogens with zero attached hydrogens (tertiary/aromatic N) is 1. The van der Waals surface area contributed by atoms with E-state index in [9.17, 15) is 14.4 Å². The predicted molar refractivity (Wildman–Crippen MR) is 63.9 cm³/mol. The molecule has 0 aromatic carbocycles. The maximum absolute atomic E-state index is 11.3. The minimum Gasteiger partial charge on any atom is -0.478 e. The van der Waals surface area contributed by atoms with Crippen molar-refractivity contribution in [3.05, 3.63) is 23.9 Å². The van der Waals surface area contributed by atoms with E-state index in [1.54, 1.807) is 0 Å². The molecule has 1 aromatic rings. The Balaban J connectivity index is 2.56. The van der Waals surface area contributed by atoms with Crippen LogP contribution in [-0.2, 0) is 9.59 Å². The van der Waals surface area contributed by atoms with Crippen LogP contribution in [0.5, 0.6) is 0 Å². The Morgan fingerprint density at radius 3 is 2.72 bits per heavy atom. The molecule has 0 atom stereocenters. The summed E-state index contributed by atoms with van der Waals surface area (Å²) in [5, 5.41) is 9.15. The first-order valence-corrected chi connectivity index (χ1v) is 5.86. The zero-order chi connectivity index (χ0) is 13.5. The number of amides is 2. The van der Waals surface area contributed by atoms with Crippen molar-refractivity contribution in [3.63, 3.8) is 0 Å². The second-order valence-corrected chi connectivity index (χ2v) is 4.14. The van der Waals surface area contributed by atoms with Crippen LogP contribution in [0.1, 0.15) is 17.3 Å². The molecule has 3 N–H and O–H groups in total. The molecule has 0 aliphatic rings. The largest absolute Gasteiger partial charge is 0.478 e. The monoisotopic (exact) mass is 269 g/mol. The summed E-state index contributed by atoms with van der Waals surface area (Å²) >= 11 is 0.980. The number of nitrogens with one attached hydrogen (secondary N) is 2. The first-order valence-electron chi connectivity index (χ1n) is 4.87. The van der Waals surface area contributed by atoms with Crippen LogP contribution in [0.15, 0.2) is 23.4 Å². The summed E-state index contributed by atoms with van der Waals surface area (Å²) in [6.07, 6.45) is 1.44. The lowest BCUT2D eigenvalue weighted by Crippen LogP contribution is -2.41. The van der Waals surface area contributed by atoms with Crippen molar-refractivity contribution < 1.29 is 19.5 Å². The van der Waals surface area contributed by atoms with E-state index in [4.69, 9.17) is 5.11 Å². The summed E-state index contributed by atoms with van der Waals surface area (Å²) in [7, 11) is 0. The average Bonchev–Trinajstić information content (AvgIpc) is 2.34. The molecule has 8 heteroatoms. The average molecular weight is 269 g/mol. The highest BCUT2D eigenvalue weighted by Gasteiger charge is 2.12. The van der Waals surface area contributed by atoms with E-state index in [2.05, 4.69) is 15.8 Å². The Kier molecular flexibility index (Phi) is 5.12. The molecule has 0 aliphatic heterocycles. The number of hydrogen-bond acceptors (Lipinski definition) is 5. The van der Waals surface area contributed by atoms with Gasteiger partial charge in [0, 0.05) is 13.1 Å². The Morgan fingerprint density at radius 1 is 1.39 bits per heavy atom. The highest BCUT2D eigenvalue weighted by atomic mass is 32.2. The highest BCUT2D eigenvalue weighted by molar-refractivity contribution is 8.00. The number of pyridine rings is 1. The number of rotatable bonds is 4. The number of hydrogen-bond donors (Lipinski definition) is 3. The normalized spacial score (nSPS) is 9.61. The number of carboxylic acid groups (broad SMARTS) is 1. The van der Waals surface area contributed by atoms with E-state index < -0.39 is 17.8 Å². The molecule has 0 spiro atoms. The van der Waals surface area contributed by atoms with Gasteiger partial charge in [-0.05, 0) is 12.1 Å². The van der Waals surface area contributed by atoms with Crippen molar-refractivity contribution >= 4 is 29.5 Å². The predicted octanol–water partition coefficient (Wildman–Crippen LogP) is 0.0392. The number of hydrazine groups is 1. The van der Waals surface area contributed by atoms with Crippen molar-refractivity contribution in [2.24, 2.45) is 0 Å². The number of carboxylic acids is 1. The summed E-state index contributed by atoms with van der Waals surface area (Å²) < 4.78 is 0. The van der Waals surface area contributed by atoms with Gasteiger partial charge in [-0.2, -0.15) is 0 Å². The van der Waals surface area contributed by atoms with Crippen LogP contribution < -0.4 is 10.9 Å². The fraction of sp³-hybridized carbons (Fsp3) is 0.200. The maximum atomic E-state index is 11.3. The lowest BCUT2D eigenvalue weighted by atomic mass is 10.3. The molecule has 7 nitrogen and oxygen atoms in total. The summed E-state index contributed by atoms with van der Waals surface area (Å²) in [4.78, 5) is 36.6. The van der Waals surface area contributed by atoms with E-state index in [0.29, 0.717) is 0 Å². The van der Waals surface area contributed by atoms with Gasteiger partial charge in [-0.15, -0.1) is 0 Å². The van der Waals surface area contributed by atoms with Crippen molar-refractivity contribution in [2.45, 2.75) is 11.9 Å². The summed E-state index contributed by atoms with van der Waals surface area (Å²) in [5.41, 5.74) is 4.33. The van der Waals surface area contributed by atoms with E-state index in [1.165, 1.54) is 25.3 Å². The van der Waals surface area contributed by atoms with Crippen molar-refractivity contribution in [1.82, 2.24) is 15.8 Å². The molecular formula is C10H11N3O4S. The van der Waals surface area contributed by atoms with E-state index in [-0.39, 0.29) is 16.3 Å². The lowest BCUT2D eigenvalue weighted by molar-refractivity contribution is -0.126. The van der Waals surface area contributed by atoms with Gasteiger partial charge in [-0.1, -0.05) is 11.8 Å². The molecule has 0 bridgehead atoms. The topological polar surface area (TPSA) is 108 Å². The highest BCUT2D eigenvalue weighted by Crippen LogP contribution is 2.19. The molecule has 0 aliphatic carbocycles. The summed E-state index contributed by atoms with van der Waals surface area (Å²) in [5.74, 6) is -1.99. The van der Waals surface area contributed by atoms with Gasteiger partial charge in [0.1, 0.15) is 5.03 Å². The second kappa shape index (κ2) is 6.60. The molecule has 0 radical (unpaired) electrons. The molecule has 1 aromatic heterocycles. The van der Waals surface area contributed by atoms with Gasteiger partial charge >= 0.3 is 5.97 Å². The summed E-state index contributed by atoms with van der Waals surface area (Å²) in [6.45, 7) is 1.26. The number of thioether (sulfide) groups is 1. The molecule has 0 saturated carbocycles. The summed E-state index contributed by atoms with van der Waals surface area (Å²) in [6, 6.07) is 2.91. The van der Waals surface area contributed by atoms with Crippen LogP contribution >= 0.6 is 11.8 Å². The van der Waals surface area contributed by atoms with Gasteiger partial charge < -0.3 is 5.11 Å². The van der Waals surface area contributed by atoms with E-state index in [0.717, 1.165) is 11.8 Å². The number of aromatic nitrogens is 1.